The summed E-state index contributed by atoms with van der Waals surface area (Å²) in [5.41, 5.74) is 3.96. The van der Waals surface area contributed by atoms with E-state index in [9.17, 15) is 9.59 Å². The molecule has 7 heteroatoms. The third-order valence-electron chi connectivity index (χ3n) is 6.88. The van der Waals surface area contributed by atoms with Crippen molar-refractivity contribution in [2.45, 2.75) is 31.4 Å². The SMILES string of the molecule is O=C(NCCc1ccccc1)ON1CCC2(CC1)CN(Cc1ccccc1-c1ccccc1)C(=O)O2. The molecular weight excluding hydrogens is 454 g/mol. The number of benzene rings is 3. The Labute approximate surface area is 211 Å². The standard InChI is InChI=1S/C29H31N3O4/c33-27(30-18-15-23-9-3-1-4-10-23)36-32-19-16-29(17-20-32)22-31(28(34)35-29)21-25-13-7-8-14-26(25)24-11-5-2-6-12-24/h1-14H,15-22H2,(H,30,33). The van der Waals surface area contributed by atoms with Crippen molar-refractivity contribution in [3.8, 4) is 11.1 Å². The smallest absolute Gasteiger partial charge is 0.426 e. The van der Waals surface area contributed by atoms with Crippen LogP contribution < -0.4 is 5.32 Å². The van der Waals surface area contributed by atoms with Crippen molar-refractivity contribution >= 4 is 12.2 Å². The van der Waals surface area contributed by atoms with Crippen molar-refractivity contribution in [1.82, 2.24) is 15.3 Å². The Kier molecular flexibility index (Phi) is 7.18. The summed E-state index contributed by atoms with van der Waals surface area (Å²) >= 11 is 0. The monoisotopic (exact) mass is 485 g/mol. The Morgan fingerprint density at radius 3 is 2.33 bits per heavy atom. The van der Waals surface area contributed by atoms with Gasteiger partial charge in [0.15, 0.2) is 0 Å². The fourth-order valence-electron chi connectivity index (χ4n) is 4.93. The van der Waals surface area contributed by atoms with Crippen molar-refractivity contribution in [3.05, 3.63) is 96.1 Å². The first-order chi connectivity index (χ1) is 17.6. The van der Waals surface area contributed by atoms with Gasteiger partial charge in [0.2, 0.25) is 0 Å². The van der Waals surface area contributed by atoms with Gasteiger partial charge in [-0.1, -0.05) is 84.9 Å². The second-order valence-electron chi connectivity index (χ2n) is 9.40. The third-order valence-corrected chi connectivity index (χ3v) is 6.88. The van der Waals surface area contributed by atoms with Gasteiger partial charge in [-0.15, -0.1) is 5.06 Å². The molecule has 2 amide bonds. The lowest BCUT2D eigenvalue weighted by Crippen LogP contribution is -2.48. The van der Waals surface area contributed by atoms with Crippen molar-refractivity contribution < 1.29 is 19.2 Å². The first-order valence-electron chi connectivity index (χ1n) is 12.5. The molecule has 1 spiro atoms. The van der Waals surface area contributed by atoms with Crippen LogP contribution in [0.5, 0.6) is 0 Å². The number of rotatable bonds is 7. The Morgan fingerprint density at radius 1 is 0.917 bits per heavy atom. The van der Waals surface area contributed by atoms with E-state index in [0.717, 1.165) is 28.7 Å². The van der Waals surface area contributed by atoms with Crippen LogP contribution in [0.2, 0.25) is 0 Å². The van der Waals surface area contributed by atoms with Crippen molar-refractivity contribution in [3.63, 3.8) is 0 Å². The van der Waals surface area contributed by atoms with Crippen molar-refractivity contribution in [1.29, 1.82) is 0 Å². The maximum atomic E-state index is 12.8. The van der Waals surface area contributed by atoms with E-state index in [2.05, 4.69) is 29.6 Å². The molecule has 2 aliphatic rings. The first-order valence-corrected chi connectivity index (χ1v) is 12.5. The second kappa shape index (κ2) is 10.8. The van der Waals surface area contributed by atoms with E-state index < -0.39 is 11.7 Å². The van der Waals surface area contributed by atoms with Gasteiger partial charge in [-0.05, 0) is 28.7 Å². The molecule has 0 unspecified atom stereocenters. The fraction of sp³-hybridized carbons (Fsp3) is 0.310. The number of amides is 2. The number of ether oxygens (including phenoxy) is 1. The van der Waals surface area contributed by atoms with E-state index >= 15 is 0 Å². The zero-order valence-corrected chi connectivity index (χ0v) is 20.3. The minimum absolute atomic E-state index is 0.286. The fourth-order valence-corrected chi connectivity index (χ4v) is 4.93. The normalized spacial score (nSPS) is 17.1. The highest BCUT2D eigenvalue weighted by molar-refractivity contribution is 5.72. The molecular formula is C29H31N3O4. The highest BCUT2D eigenvalue weighted by Crippen LogP contribution is 2.35. The maximum Gasteiger partial charge on any atom is 0.426 e. The Morgan fingerprint density at radius 2 is 1.58 bits per heavy atom. The van der Waals surface area contributed by atoms with Gasteiger partial charge in [0.1, 0.15) is 5.60 Å². The molecule has 0 saturated carbocycles. The number of hydrogen-bond acceptors (Lipinski definition) is 5. The number of hydroxylamine groups is 2. The van der Waals surface area contributed by atoms with Crippen LogP contribution in [0.3, 0.4) is 0 Å². The summed E-state index contributed by atoms with van der Waals surface area (Å²) in [4.78, 5) is 32.3. The lowest BCUT2D eigenvalue weighted by Gasteiger charge is -2.36. The Bertz CT molecular complexity index is 1180. The van der Waals surface area contributed by atoms with Gasteiger partial charge in [0.05, 0.1) is 6.54 Å². The predicted octanol–water partition coefficient (Wildman–Crippen LogP) is 5.02. The van der Waals surface area contributed by atoms with Crippen molar-refractivity contribution in [2.24, 2.45) is 0 Å². The summed E-state index contributed by atoms with van der Waals surface area (Å²) < 4.78 is 5.89. The average molecular weight is 486 g/mol. The van der Waals surface area contributed by atoms with Crippen LogP contribution in [0.15, 0.2) is 84.9 Å². The zero-order chi connectivity index (χ0) is 24.8. The molecule has 0 radical (unpaired) electrons. The number of nitrogens with one attached hydrogen (secondary N) is 1. The van der Waals surface area contributed by atoms with Crippen LogP contribution in [0.25, 0.3) is 11.1 Å². The van der Waals surface area contributed by atoms with Crippen LogP contribution in [0.4, 0.5) is 9.59 Å². The lowest BCUT2D eigenvalue weighted by atomic mass is 9.92. The van der Waals surface area contributed by atoms with Gasteiger partial charge in [0.25, 0.3) is 0 Å². The number of carbonyl (C=O) groups excluding carboxylic acids is 2. The van der Waals surface area contributed by atoms with Crippen LogP contribution >= 0.6 is 0 Å². The molecule has 1 N–H and O–H groups in total. The summed E-state index contributed by atoms with van der Waals surface area (Å²) in [5.74, 6) is 0. The molecule has 0 bridgehead atoms. The quantitative estimate of drug-likeness (QED) is 0.509. The van der Waals surface area contributed by atoms with Gasteiger partial charge < -0.3 is 14.9 Å². The summed E-state index contributed by atoms with van der Waals surface area (Å²) in [6.45, 7) is 2.58. The summed E-state index contributed by atoms with van der Waals surface area (Å²) in [6.07, 6.45) is 1.24. The molecule has 3 aromatic rings. The molecule has 0 atom stereocenters. The number of hydrogen-bond donors (Lipinski definition) is 1. The summed E-state index contributed by atoms with van der Waals surface area (Å²) in [7, 11) is 0. The van der Waals surface area contributed by atoms with E-state index in [1.54, 1.807) is 9.96 Å². The first kappa shape index (κ1) is 23.9. The molecule has 2 saturated heterocycles. The van der Waals surface area contributed by atoms with E-state index in [1.807, 2.05) is 60.7 Å². The molecule has 2 aliphatic heterocycles. The Hall–Kier alpha value is -3.84. The minimum atomic E-state index is -0.539. The van der Waals surface area contributed by atoms with E-state index in [-0.39, 0.29) is 6.09 Å². The topological polar surface area (TPSA) is 71.1 Å². The van der Waals surface area contributed by atoms with Crippen molar-refractivity contribution in [2.75, 3.05) is 26.2 Å². The predicted molar refractivity (Wildman–Crippen MR) is 137 cm³/mol. The average Bonchev–Trinajstić information content (AvgIpc) is 3.21. The number of nitrogens with zero attached hydrogens (tertiary/aromatic N) is 2. The molecule has 186 valence electrons. The molecule has 2 fully saturated rings. The largest absolute Gasteiger partial charge is 0.441 e. The Balaban J connectivity index is 1.12. The van der Waals surface area contributed by atoms with Crippen LogP contribution in [-0.4, -0.2) is 53.9 Å². The van der Waals surface area contributed by atoms with Gasteiger partial charge in [-0.3, -0.25) is 4.90 Å². The van der Waals surface area contributed by atoms with Gasteiger partial charge in [-0.2, -0.15) is 0 Å². The van der Waals surface area contributed by atoms with Crippen LogP contribution in [0, 0.1) is 0 Å². The third kappa shape index (κ3) is 5.69. The molecule has 0 aliphatic carbocycles. The maximum absolute atomic E-state index is 12.8. The molecule has 5 rings (SSSR count). The van der Waals surface area contributed by atoms with Gasteiger partial charge in [-0.25, -0.2) is 9.59 Å². The molecule has 36 heavy (non-hydrogen) atoms. The van der Waals surface area contributed by atoms with Gasteiger partial charge >= 0.3 is 12.2 Å². The molecule has 2 heterocycles. The minimum Gasteiger partial charge on any atom is -0.441 e. The zero-order valence-electron chi connectivity index (χ0n) is 20.3. The molecule has 0 aromatic heterocycles. The van der Waals surface area contributed by atoms with E-state index in [0.29, 0.717) is 45.6 Å². The second-order valence-corrected chi connectivity index (χ2v) is 9.40. The summed E-state index contributed by atoms with van der Waals surface area (Å²) in [5, 5.41) is 4.46. The lowest BCUT2D eigenvalue weighted by molar-refractivity contribution is -0.142. The number of piperidine rings is 1. The highest BCUT2D eigenvalue weighted by Gasteiger charge is 2.47. The van der Waals surface area contributed by atoms with E-state index in [1.165, 1.54) is 0 Å². The van der Waals surface area contributed by atoms with Crippen LogP contribution in [-0.2, 0) is 22.5 Å². The van der Waals surface area contributed by atoms with E-state index in [4.69, 9.17) is 9.57 Å². The van der Waals surface area contributed by atoms with Gasteiger partial charge in [0, 0.05) is 39.0 Å². The molecule has 3 aromatic carbocycles. The summed E-state index contributed by atoms with van der Waals surface area (Å²) in [6, 6.07) is 28.4. The highest BCUT2D eigenvalue weighted by atomic mass is 16.7. The van der Waals surface area contributed by atoms with Crippen LogP contribution in [0.1, 0.15) is 24.0 Å². The number of carbonyl (C=O) groups is 2. The molecule has 7 nitrogen and oxygen atoms in total.